The van der Waals surface area contributed by atoms with Gasteiger partial charge < -0.3 is 33.2 Å². The second kappa shape index (κ2) is 13.7. The summed E-state index contributed by atoms with van der Waals surface area (Å²) in [6, 6.07) is 3.79. The number of benzene rings is 1. The van der Waals surface area contributed by atoms with Crippen molar-refractivity contribution in [3.8, 4) is 0 Å². The zero-order valence-electron chi connectivity index (χ0n) is 21.1. The van der Waals surface area contributed by atoms with Gasteiger partial charge in [-0.1, -0.05) is 17.7 Å². The summed E-state index contributed by atoms with van der Waals surface area (Å²) in [6.45, 7) is 3.73. The van der Waals surface area contributed by atoms with Crippen LogP contribution in [-0.2, 0) is 57.1 Å². The first-order valence-corrected chi connectivity index (χ1v) is 11.4. The fraction of sp³-hybridized carbons (Fsp3) is 0.458. The number of ether oxygens (including phenoxy) is 7. The number of hydrogen-bond acceptors (Lipinski definition) is 12. The third kappa shape index (κ3) is 8.42. The molecule has 0 aromatic heterocycles. The van der Waals surface area contributed by atoms with Crippen molar-refractivity contribution in [2.75, 3.05) is 13.7 Å². The van der Waals surface area contributed by atoms with Crippen LogP contribution in [0.15, 0.2) is 24.0 Å². The molecule has 1 aromatic rings. The lowest BCUT2D eigenvalue weighted by Crippen LogP contribution is -2.63. The molecule has 1 fully saturated rings. The van der Waals surface area contributed by atoms with Crippen LogP contribution in [0.3, 0.4) is 0 Å². The third-order valence-corrected chi connectivity index (χ3v) is 5.18. The minimum atomic E-state index is -1.74. The molecule has 208 valence electrons. The number of esters is 5. The molecule has 0 unspecified atom stereocenters. The Morgan fingerprint density at radius 3 is 2.00 bits per heavy atom. The highest BCUT2D eigenvalue weighted by atomic mass is 35.5. The number of carbonyl (C=O) groups excluding carboxylic acids is 5. The van der Waals surface area contributed by atoms with E-state index in [2.05, 4.69) is 0 Å². The van der Waals surface area contributed by atoms with Crippen LogP contribution in [0.5, 0.6) is 0 Å². The zero-order chi connectivity index (χ0) is 28.6. The molecule has 0 spiro atoms. The summed E-state index contributed by atoms with van der Waals surface area (Å²) in [5.74, 6) is -5.83. The van der Waals surface area contributed by atoms with E-state index in [-0.39, 0.29) is 10.6 Å². The van der Waals surface area contributed by atoms with Crippen LogP contribution in [0.1, 0.15) is 33.3 Å². The van der Waals surface area contributed by atoms with Crippen LogP contribution in [0.4, 0.5) is 4.39 Å². The Hall–Kier alpha value is -3.71. The first-order valence-electron chi connectivity index (χ1n) is 11.0. The predicted octanol–water partition coefficient (Wildman–Crippen LogP) is 2.09. The van der Waals surface area contributed by atoms with Gasteiger partial charge in [0.1, 0.15) is 18.5 Å². The summed E-state index contributed by atoms with van der Waals surface area (Å²) in [5.41, 5.74) is -0.236. The standard InChI is InChI=1S/C24H26ClFO12/c1-11(27)33-10-19-20(34-12(2)28)21(35-13(3)29)22(36-14(4)30)24(38-19)37-18(23(31)32-5)9-15-16(25)7-6-8-17(15)26/h6-9,19-22,24H,10H2,1-5H3/b18-9-/t19-,20-,21+,22-,24-/m0/s1. The van der Waals surface area contributed by atoms with Gasteiger partial charge >= 0.3 is 29.8 Å². The van der Waals surface area contributed by atoms with Crippen molar-refractivity contribution in [2.45, 2.75) is 58.4 Å². The highest BCUT2D eigenvalue weighted by Crippen LogP contribution is 2.32. The maximum atomic E-state index is 14.4. The van der Waals surface area contributed by atoms with Crippen LogP contribution in [-0.4, -0.2) is 74.3 Å². The fourth-order valence-corrected chi connectivity index (χ4v) is 3.65. The molecule has 0 N–H and O–H groups in total. The average molecular weight is 561 g/mol. The van der Waals surface area contributed by atoms with Crippen molar-refractivity contribution in [3.05, 3.63) is 40.4 Å². The second-order valence-corrected chi connectivity index (χ2v) is 8.23. The van der Waals surface area contributed by atoms with Gasteiger partial charge in [-0.2, -0.15) is 0 Å². The van der Waals surface area contributed by atoms with Crippen LogP contribution < -0.4 is 0 Å². The SMILES string of the molecule is COC(=O)/C(=C/c1c(F)cccc1Cl)O[C@H]1O[C@@H](COC(C)=O)[C@H](OC(C)=O)[C@@H](OC(C)=O)[C@@H]1OC(C)=O. The van der Waals surface area contributed by atoms with Gasteiger partial charge in [0.25, 0.3) is 0 Å². The molecule has 1 heterocycles. The Morgan fingerprint density at radius 1 is 0.895 bits per heavy atom. The van der Waals surface area contributed by atoms with Crippen molar-refractivity contribution in [1.82, 2.24) is 0 Å². The van der Waals surface area contributed by atoms with Gasteiger partial charge in [-0.25, -0.2) is 9.18 Å². The monoisotopic (exact) mass is 560 g/mol. The molecule has 1 aromatic carbocycles. The Kier molecular flexibility index (Phi) is 11.0. The Balaban J connectivity index is 2.61. The normalized spacial score (nSPS) is 23.0. The average Bonchev–Trinajstić information content (AvgIpc) is 2.81. The molecule has 0 radical (unpaired) electrons. The molecule has 38 heavy (non-hydrogen) atoms. The van der Waals surface area contributed by atoms with E-state index in [0.29, 0.717) is 0 Å². The maximum absolute atomic E-state index is 14.4. The van der Waals surface area contributed by atoms with E-state index in [1.54, 1.807) is 0 Å². The molecule has 0 saturated carbocycles. The lowest BCUT2D eigenvalue weighted by molar-refractivity contribution is -0.299. The van der Waals surface area contributed by atoms with Gasteiger partial charge in [-0.05, 0) is 18.2 Å². The molecule has 12 nitrogen and oxygen atoms in total. The Labute approximate surface area is 221 Å². The van der Waals surface area contributed by atoms with E-state index in [1.807, 2.05) is 0 Å². The molecule has 2 rings (SSSR count). The van der Waals surface area contributed by atoms with Crippen molar-refractivity contribution in [2.24, 2.45) is 0 Å². The van der Waals surface area contributed by atoms with E-state index in [9.17, 15) is 28.4 Å². The number of carbonyl (C=O) groups is 5. The molecule has 0 amide bonds. The summed E-state index contributed by atoms with van der Waals surface area (Å²) in [6.07, 6.45) is -6.76. The van der Waals surface area contributed by atoms with E-state index < -0.39 is 78.7 Å². The van der Waals surface area contributed by atoms with E-state index in [4.69, 9.17) is 44.8 Å². The maximum Gasteiger partial charge on any atom is 0.373 e. The van der Waals surface area contributed by atoms with Gasteiger partial charge in [0.2, 0.25) is 18.2 Å². The molecule has 0 aliphatic carbocycles. The number of methoxy groups -OCH3 is 1. The molecule has 5 atom stereocenters. The fourth-order valence-electron chi connectivity index (χ4n) is 3.43. The minimum Gasteiger partial charge on any atom is -0.463 e. The highest BCUT2D eigenvalue weighted by Gasteiger charge is 2.53. The molecule has 1 aliphatic rings. The second-order valence-electron chi connectivity index (χ2n) is 7.82. The van der Waals surface area contributed by atoms with Crippen LogP contribution >= 0.6 is 11.6 Å². The van der Waals surface area contributed by atoms with Crippen molar-refractivity contribution in [3.63, 3.8) is 0 Å². The largest absolute Gasteiger partial charge is 0.463 e. The zero-order valence-corrected chi connectivity index (χ0v) is 21.8. The van der Waals surface area contributed by atoms with E-state index in [0.717, 1.165) is 46.9 Å². The van der Waals surface area contributed by atoms with Crippen molar-refractivity contribution in [1.29, 1.82) is 0 Å². The van der Waals surface area contributed by atoms with Gasteiger partial charge in [0, 0.05) is 33.3 Å². The van der Waals surface area contributed by atoms with E-state index in [1.165, 1.54) is 12.1 Å². The van der Waals surface area contributed by atoms with Gasteiger partial charge in [-0.15, -0.1) is 0 Å². The molecule has 14 heteroatoms. The number of rotatable bonds is 9. The summed E-state index contributed by atoms with van der Waals surface area (Å²) < 4.78 is 51.4. The Bertz CT molecular complexity index is 1080. The number of hydrogen-bond donors (Lipinski definition) is 0. The molecule has 0 bridgehead atoms. The summed E-state index contributed by atoms with van der Waals surface area (Å²) in [5, 5.41) is -0.0726. The molecular weight excluding hydrogens is 535 g/mol. The number of halogens is 2. The smallest absolute Gasteiger partial charge is 0.373 e. The van der Waals surface area contributed by atoms with Crippen molar-refractivity contribution >= 4 is 47.5 Å². The summed E-state index contributed by atoms with van der Waals surface area (Å²) in [4.78, 5) is 59.7. The lowest BCUT2D eigenvalue weighted by atomic mass is 9.98. The summed E-state index contributed by atoms with van der Waals surface area (Å²) in [7, 11) is 1.02. The van der Waals surface area contributed by atoms with Crippen LogP contribution in [0, 0.1) is 5.82 Å². The minimum absolute atomic E-state index is 0.0726. The summed E-state index contributed by atoms with van der Waals surface area (Å²) >= 11 is 6.06. The first-order chi connectivity index (χ1) is 17.8. The van der Waals surface area contributed by atoms with Crippen molar-refractivity contribution < 1.29 is 61.5 Å². The van der Waals surface area contributed by atoms with Gasteiger partial charge in [-0.3, -0.25) is 19.2 Å². The first kappa shape index (κ1) is 30.5. The predicted molar refractivity (Wildman–Crippen MR) is 124 cm³/mol. The van der Waals surface area contributed by atoms with Crippen LogP contribution in [0.2, 0.25) is 5.02 Å². The van der Waals surface area contributed by atoms with E-state index >= 15 is 0 Å². The van der Waals surface area contributed by atoms with Crippen LogP contribution in [0.25, 0.3) is 6.08 Å². The Morgan fingerprint density at radius 2 is 1.47 bits per heavy atom. The molecule has 1 saturated heterocycles. The van der Waals surface area contributed by atoms with Gasteiger partial charge in [0.05, 0.1) is 12.1 Å². The quantitative estimate of drug-likeness (QED) is 0.188. The molecule has 1 aliphatic heterocycles. The highest BCUT2D eigenvalue weighted by molar-refractivity contribution is 6.32. The third-order valence-electron chi connectivity index (χ3n) is 4.85. The van der Waals surface area contributed by atoms with Gasteiger partial charge in [0.15, 0.2) is 12.2 Å². The topological polar surface area (TPSA) is 150 Å². The molecular formula is C24H26ClFO12. The lowest BCUT2D eigenvalue weighted by Gasteiger charge is -2.43.